The van der Waals surface area contributed by atoms with Crippen LogP contribution in [0.1, 0.15) is 16.8 Å². The summed E-state index contributed by atoms with van der Waals surface area (Å²) in [6.07, 6.45) is 0.979. The Labute approximate surface area is 139 Å². The summed E-state index contributed by atoms with van der Waals surface area (Å²) >= 11 is 3.40. The second-order valence-electron chi connectivity index (χ2n) is 4.76. The van der Waals surface area contributed by atoms with Gasteiger partial charge in [-0.1, -0.05) is 0 Å². The largest absolute Gasteiger partial charge is 0.495 e. The molecule has 1 fully saturated rings. The van der Waals surface area contributed by atoms with E-state index < -0.39 is 0 Å². The first-order valence-corrected chi connectivity index (χ1v) is 7.27. The Morgan fingerprint density at radius 1 is 1.33 bits per heavy atom. The number of ether oxygens (including phenoxy) is 2. The number of hydrogen-bond donors (Lipinski definition) is 1. The van der Waals surface area contributed by atoms with Crippen LogP contribution in [0.15, 0.2) is 16.6 Å². The van der Waals surface area contributed by atoms with Crippen molar-refractivity contribution in [1.29, 1.82) is 0 Å². The molecule has 0 aliphatic carbocycles. The third-order valence-electron chi connectivity index (χ3n) is 3.59. The van der Waals surface area contributed by atoms with Crippen LogP contribution in [-0.4, -0.2) is 51.2 Å². The molecule has 1 amide bonds. The predicted octanol–water partition coefficient (Wildman–Crippen LogP) is 2.32. The molecule has 1 aliphatic rings. The van der Waals surface area contributed by atoms with E-state index in [0.717, 1.165) is 19.5 Å². The van der Waals surface area contributed by atoms with Gasteiger partial charge in [-0.05, 0) is 41.0 Å². The topological polar surface area (TPSA) is 50.8 Å². The summed E-state index contributed by atoms with van der Waals surface area (Å²) in [7, 11) is 4.97. The summed E-state index contributed by atoms with van der Waals surface area (Å²) in [5.41, 5.74) is 0.566. The van der Waals surface area contributed by atoms with Crippen molar-refractivity contribution in [3.63, 3.8) is 0 Å². The summed E-state index contributed by atoms with van der Waals surface area (Å²) in [4.78, 5) is 14.3. The van der Waals surface area contributed by atoms with Crippen molar-refractivity contribution in [3.05, 3.63) is 22.2 Å². The maximum Gasteiger partial charge on any atom is 0.254 e. The lowest BCUT2D eigenvalue weighted by atomic mass is 10.1. The molecule has 7 heteroatoms. The molecule has 1 unspecified atom stereocenters. The molecule has 118 valence electrons. The standard InChI is InChI=1S/C14H19BrN2O3.ClH/c1-17(10-4-5-16-8-10)14(18)9-6-11(19-2)13(15)12(7-9)20-3;/h6-7,10,16H,4-5,8H2,1-3H3;1H. The van der Waals surface area contributed by atoms with Crippen molar-refractivity contribution in [3.8, 4) is 11.5 Å². The van der Waals surface area contributed by atoms with Gasteiger partial charge in [-0.15, -0.1) is 12.4 Å². The van der Waals surface area contributed by atoms with Crippen LogP contribution in [0.5, 0.6) is 11.5 Å². The van der Waals surface area contributed by atoms with Crippen LogP contribution in [0, 0.1) is 0 Å². The average Bonchev–Trinajstić information content (AvgIpc) is 3.00. The van der Waals surface area contributed by atoms with Gasteiger partial charge in [-0.25, -0.2) is 0 Å². The number of halogens is 2. The van der Waals surface area contributed by atoms with Gasteiger partial charge in [0.15, 0.2) is 0 Å². The molecule has 1 atom stereocenters. The average molecular weight is 380 g/mol. The molecule has 0 radical (unpaired) electrons. The van der Waals surface area contributed by atoms with Crippen LogP contribution in [0.2, 0.25) is 0 Å². The number of hydrogen-bond acceptors (Lipinski definition) is 4. The van der Waals surface area contributed by atoms with E-state index in [4.69, 9.17) is 9.47 Å². The summed E-state index contributed by atoms with van der Waals surface area (Å²) in [6.45, 7) is 1.79. The Kier molecular flexibility index (Phi) is 6.77. The zero-order chi connectivity index (χ0) is 14.7. The first kappa shape index (κ1) is 18.1. The van der Waals surface area contributed by atoms with Gasteiger partial charge in [0.05, 0.1) is 14.2 Å². The van der Waals surface area contributed by atoms with E-state index in [0.29, 0.717) is 21.5 Å². The van der Waals surface area contributed by atoms with Gasteiger partial charge in [-0.2, -0.15) is 0 Å². The molecule has 0 spiro atoms. The number of likely N-dealkylation sites (N-methyl/N-ethyl adjacent to an activating group) is 1. The van der Waals surface area contributed by atoms with Crippen LogP contribution in [0.3, 0.4) is 0 Å². The molecule has 1 aromatic rings. The summed E-state index contributed by atoms with van der Waals surface area (Å²) in [5.74, 6) is 1.15. The molecule has 21 heavy (non-hydrogen) atoms. The molecule has 1 N–H and O–H groups in total. The number of nitrogens with one attached hydrogen (secondary N) is 1. The van der Waals surface area contributed by atoms with E-state index >= 15 is 0 Å². The number of carbonyl (C=O) groups is 1. The number of methoxy groups -OCH3 is 2. The molecule has 0 bridgehead atoms. The second-order valence-corrected chi connectivity index (χ2v) is 5.55. The maximum absolute atomic E-state index is 12.6. The van der Waals surface area contributed by atoms with Crippen molar-refractivity contribution < 1.29 is 14.3 Å². The van der Waals surface area contributed by atoms with Crippen molar-refractivity contribution in [2.24, 2.45) is 0 Å². The molecule has 0 aromatic heterocycles. The van der Waals surface area contributed by atoms with E-state index in [1.165, 1.54) is 0 Å². The Bertz CT molecular complexity index is 482. The van der Waals surface area contributed by atoms with Gasteiger partial charge in [0.2, 0.25) is 0 Å². The normalized spacial score (nSPS) is 17.0. The maximum atomic E-state index is 12.6. The first-order valence-electron chi connectivity index (χ1n) is 6.48. The first-order chi connectivity index (χ1) is 9.58. The molecule has 1 saturated heterocycles. The van der Waals surface area contributed by atoms with E-state index in [2.05, 4.69) is 21.2 Å². The number of benzene rings is 1. The van der Waals surface area contributed by atoms with E-state index in [9.17, 15) is 4.79 Å². The van der Waals surface area contributed by atoms with Crippen LogP contribution < -0.4 is 14.8 Å². The summed E-state index contributed by atoms with van der Waals surface area (Å²) in [5, 5.41) is 3.26. The lowest BCUT2D eigenvalue weighted by molar-refractivity contribution is 0.0743. The fraction of sp³-hybridized carbons (Fsp3) is 0.500. The van der Waals surface area contributed by atoms with Gasteiger partial charge in [0.1, 0.15) is 16.0 Å². The highest BCUT2D eigenvalue weighted by molar-refractivity contribution is 9.10. The third-order valence-corrected chi connectivity index (χ3v) is 4.38. The predicted molar refractivity (Wildman–Crippen MR) is 87.9 cm³/mol. The van der Waals surface area contributed by atoms with E-state index in [1.54, 1.807) is 31.3 Å². The molecule has 1 heterocycles. The van der Waals surface area contributed by atoms with Crippen LogP contribution >= 0.6 is 28.3 Å². The Hall–Kier alpha value is -0.980. The van der Waals surface area contributed by atoms with Gasteiger partial charge in [-0.3, -0.25) is 4.79 Å². The van der Waals surface area contributed by atoms with Crippen LogP contribution in [-0.2, 0) is 0 Å². The zero-order valence-electron chi connectivity index (χ0n) is 12.3. The van der Waals surface area contributed by atoms with Gasteiger partial charge in [0.25, 0.3) is 5.91 Å². The Balaban J connectivity index is 0.00000220. The number of carbonyl (C=O) groups excluding carboxylic acids is 1. The number of nitrogens with zero attached hydrogens (tertiary/aromatic N) is 1. The smallest absolute Gasteiger partial charge is 0.254 e. The highest BCUT2D eigenvalue weighted by atomic mass is 79.9. The van der Waals surface area contributed by atoms with Gasteiger partial charge < -0.3 is 19.7 Å². The monoisotopic (exact) mass is 378 g/mol. The van der Waals surface area contributed by atoms with Crippen molar-refractivity contribution >= 4 is 34.2 Å². The fourth-order valence-corrected chi connectivity index (χ4v) is 2.88. The highest BCUT2D eigenvalue weighted by Crippen LogP contribution is 2.36. The number of amides is 1. The van der Waals surface area contributed by atoms with Crippen molar-refractivity contribution in [1.82, 2.24) is 10.2 Å². The summed E-state index contributed by atoms with van der Waals surface area (Å²) < 4.78 is 11.3. The van der Waals surface area contributed by atoms with Gasteiger partial charge in [0, 0.05) is 25.2 Å². The summed E-state index contributed by atoms with van der Waals surface area (Å²) in [6, 6.07) is 3.70. The van der Waals surface area contributed by atoms with Crippen molar-refractivity contribution in [2.45, 2.75) is 12.5 Å². The minimum atomic E-state index is -0.0252. The molecule has 0 saturated carbocycles. The zero-order valence-corrected chi connectivity index (χ0v) is 14.7. The molecule has 5 nitrogen and oxygen atoms in total. The minimum absolute atomic E-state index is 0. The Morgan fingerprint density at radius 2 is 1.90 bits per heavy atom. The van der Waals surface area contributed by atoms with E-state index in [-0.39, 0.29) is 24.4 Å². The lowest BCUT2D eigenvalue weighted by Crippen LogP contribution is -2.38. The molecular weight excluding hydrogens is 360 g/mol. The highest BCUT2D eigenvalue weighted by Gasteiger charge is 2.25. The minimum Gasteiger partial charge on any atom is -0.495 e. The van der Waals surface area contributed by atoms with E-state index in [1.807, 2.05) is 7.05 Å². The Morgan fingerprint density at radius 3 is 2.33 bits per heavy atom. The quantitative estimate of drug-likeness (QED) is 0.872. The molecular formula is C14H20BrClN2O3. The van der Waals surface area contributed by atoms with Crippen molar-refractivity contribution in [2.75, 3.05) is 34.4 Å². The SMILES string of the molecule is COc1cc(C(=O)N(C)C2CCNC2)cc(OC)c1Br.Cl. The second kappa shape index (κ2) is 7.87. The molecule has 2 rings (SSSR count). The lowest BCUT2D eigenvalue weighted by Gasteiger charge is -2.24. The van der Waals surface area contributed by atoms with Crippen LogP contribution in [0.4, 0.5) is 0 Å². The molecule has 1 aliphatic heterocycles. The number of rotatable bonds is 4. The van der Waals surface area contributed by atoms with Gasteiger partial charge >= 0.3 is 0 Å². The fourth-order valence-electron chi connectivity index (χ4n) is 2.33. The molecule has 1 aromatic carbocycles. The third kappa shape index (κ3) is 3.81. The van der Waals surface area contributed by atoms with Crippen LogP contribution in [0.25, 0.3) is 0 Å².